The van der Waals surface area contributed by atoms with Gasteiger partial charge in [0.2, 0.25) is 0 Å². The lowest BCUT2D eigenvalue weighted by Crippen LogP contribution is -2.38. The zero-order chi connectivity index (χ0) is 13.8. The van der Waals surface area contributed by atoms with Crippen LogP contribution in [0.25, 0.3) is 0 Å². The lowest BCUT2D eigenvalue weighted by atomic mass is 10.1. The molecule has 0 spiro atoms. The third-order valence-electron chi connectivity index (χ3n) is 3.76. The van der Waals surface area contributed by atoms with E-state index in [1.54, 1.807) is 7.11 Å². The Morgan fingerprint density at radius 3 is 2.84 bits per heavy atom. The molecule has 1 atom stereocenters. The lowest BCUT2D eigenvalue weighted by Gasteiger charge is -2.33. The second kappa shape index (κ2) is 6.40. The van der Waals surface area contributed by atoms with Gasteiger partial charge in [-0.2, -0.15) is 0 Å². The molecule has 0 heterocycles. The van der Waals surface area contributed by atoms with Crippen molar-refractivity contribution in [2.75, 3.05) is 25.2 Å². The predicted octanol–water partition coefficient (Wildman–Crippen LogP) is 3.40. The molecular formula is C15H20ClNO2. The van der Waals surface area contributed by atoms with Crippen molar-refractivity contribution >= 4 is 23.6 Å². The lowest BCUT2D eigenvalue weighted by molar-refractivity contribution is 0.112. The van der Waals surface area contributed by atoms with Crippen molar-refractivity contribution in [1.29, 1.82) is 0 Å². The Morgan fingerprint density at radius 1 is 1.53 bits per heavy atom. The molecule has 1 aliphatic rings. The van der Waals surface area contributed by atoms with Crippen LogP contribution in [-0.2, 0) is 4.74 Å². The number of nitrogens with zero attached hydrogens (tertiary/aromatic N) is 1. The number of hydrogen-bond acceptors (Lipinski definition) is 3. The van der Waals surface area contributed by atoms with E-state index in [-0.39, 0.29) is 0 Å². The van der Waals surface area contributed by atoms with Crippen LogP contribution in [0.3, 0.4) is 0 Å². The molecular weight excluding hydrogens is 262 g/mol. The van der Waals surface area contributed by atoms with E-state index in [0.29, 0.717) is 29.2 Å². The molecule has 1 fully saturated rings. The van der Waals surface area contributed by atoms with Gasteiger partial charge in [-0.15, -0.1) is 0 Å². The summed E-state index contributed by atoms with van der Waals surface area (Å²) in [7, 11) is 1.69. The van der Waals surface area contributed by atoms with Crippen LogP contribution < -0.4 is 4.90 Å². The average molecular weight is 282 g/mol. The van der Waals surface area contributed by atoms with Crippen molar-refractivity contribution in [3.63, 3.8) is 0 Å². The highest BCUT2D eigenvalue weighted by Gasteiger charge is 2.33. The third kappa shape index (κ3) is 3.28. The molecule has 1 unspecified atom stereocenters. The minimum absolute atomic E-state index is 0.383. The number of carbonyl (C=O) groups is 1. The van der Waals surface area contributed by atoms with Crippen LogP contribution in [-0.4, -0.2) is 32.6 Å². The molecule has 0 aliphatic heterocycles. The number of halogens is 1. The Labute approximate surface area is 119 Å². The van der Waals surface area contributed by atoms with Gasteiger partial charge in [0.1, 0.15) is 0 Å². The summed E-state index contributed by atoms with van der Waals surface area (Å²) < 4.78 is 5.18. The summed E-state index contributed by atoms with van der Waals surface area (Å²) in [5, 5.41) is 0.633. The molecule has 1 aliphatic carbocycles. The van der Waals surface area contributed by atoms with Crippen LogP contribution in [0.5, 0.6) is 0 Å². The van der Waals surface area contributed by atoms with Gasteiger partial charge in [0.15, 0.2) is 6.29 Å². The smallest absolute Gasteiger partial charge is 0.152 e. The van der Waals surface area contributed by atoms with Crippen LogP contribution in [0.15, 0.2) is 18.2 Å². The number of rotatable bonds is 7. The van der Waals surface area contributed by atoms with Crippen molar-refractivity contribution in [2.24, 2.45) is 5.92 Å². The molecule has 104 valence electrons. The molecule has 1 aromatic carbocycles. The number of anilines is 1. The van der Waals surface area contributed by atoms with Crippen molar-refractivity contribution in [3.8, 4) is 0 Å². The number of aldehydes is 1. The summed E-state index contributed by atoms with van der Waals surface area (Å²) in [4.78, 5) is 13.5. The standard InChI is InChI=1S/C15H20ClNO2/c1-11(12-6-7-12)17(8-9-19-2)15-13(10-18)4-3-5-14(15)16/h3-5,10-12H,6-9H2,1-2H3. The summed E-state index contributed by atoms with van der Waals surface area (Å²) in [6, 6.07) is 5.84. The number of para-hydroxylation sites is 1. The molecule has 0 bridgehead atoms. The number of methoxy groups -OCH3 is 1. The molecule has 1 aromatic rings. The van der Waals surface area contributed by atoms with E-state index >= 15 is 0 Å². The fourth-order valence-corrected chi connectivity index (χ4v) is 2.76. The van der Waals surface area contributed by atoms with E-state index in [1.165, 1.54) is 12.8 Å². The SMILES string of the molecule is COCCN(c1c(Cl)cccc1C=O)C(C)C1CC1. The van der Waals surface area contributed by atoms with Gasteiger partial charge < -0.3 is 9.64 Å². The van der Waals surface area contributed by atoms with E-state index in [0.717, 1.165) is 18.5 Å². The maximum absolute atomic E-state index is 11.2. The Balaban J connectivity index is 2.33. The highest BCUT2D eigenvalue weighted by atomic mass is 35.5. The van der Waals surface area contributed by atoms with E-state index in [2.05, 4.69) is 11.8 Å². The molecule has 19 heavy (non-hydrogen) atoms. The first-order valence-electron chi connectivity index (χ1n) is 6.68. The predicted molar refractivity (Wildman–Crippen MR) is 78.2 cm³/mol. The van der Waals surface area contributed by atoms with Crippen LogP contribution in [0.1, 0.15) is 30.1 Å². The minimum Gasteiger partial charge on any atom is -0.383 e. The molecule has 2 rings (SSSR count). The van der Waals surface area contributed by atoms with Gasteiger partial charge in [-0.05, 0) is 37.8 Å². The van der Waals surface area contributed by atoms with Gasteiger partial charge in [-0.25, -0.2) is 0 Å². The zero-order valence-electron chi connectivity index (χ0n) is 11.4. The summed E-state index contributed by atoms with van der Waals surface area (Å²) in [6.07, 6.45) is 3.39. The normalized spacial score (nSPS) is 16.2. The number of benzene rings is 1. The third-order valence-corrected chi connectivity index (χ3v) is 4.07. The Kier molecular flexibility index (Phi) is 4.83. The number of hydrogen-bond donors (Lipinski definition) is 0. The molecule has 0 radical (unpaired) electrons. The highest BCUT2D eigenvalue weighted by molar-refractivity contribution is 6.34. The van der Waals surface area contributed by atoms with Gasteiger partial charge in [-0.1, -0.05) is 17.7 Å². The Morgan fingerprint density at radius 2 is 2.26 bits per heavy atom. The molecule has 0 N–H and O–H groups in total. The van der Waals surface area contributed by atoms with E-state index in [1.807, 2.05) is 18.2 Å². The topological polar surface area (TPSA) is 29.5 Å². The molecule has 0 saturated heterocycles. The summed E-state index contributed by atoms with van der Waals surface area (Å²) in [6.45, 7) is 3.57. The first-order chi connectivity index (χ1) is 9.19. The second-order valence-corrected chi connectivity index (χ2v) is 5.47. The van der Waals surface area contributed by atoms with Gasteiger partial charge in [-0.3, -0.25) is 4.79 Å². The second-order valence-electron chi connectivity index (χ2n) is 5.06. The molecule has 3 nitrogen and oxygen atoms in total. The number of ether oxygens (including phenoxy) is 1. The highest BCUT2D eigenvalue weighted by Crippen LogP contribution is 2.39. The van der Waals surface area contributed by atoms with E-state index in [9.17, 15) is 4.79 Å². The first-order valence-corrected chi connectivity index (χ1v) is 7.06. The summed E-state index contributed by atoms with van der Waals surface area (Å²) in [5.41, 5.74) is 1.49. The van der Waals surface area contributed by atoms with Crippen molar-refractivity contribution in [2.45, 2.75) is 25.8 Å². The van der Waals surface area contributed by atoms with E-state index in [4.69, 9.17) is 16.3 Å². The fourth-order valence-electron chi connectivity index (χ4n) is 2.47. The molecule has 0 amide bonds. The first kappa shape index (κ1) is 14.4. The molecule has 1 saturated carbocycles. The maximum Gasteiger partial charge on any atom is 0.152 e. The van der Waals surface area contributed by atoms with Gasteiger partial charge in [0, 0.05) is 25.3 Å². The van der Waals surface area contributed by atoms with Gasteiger partial charge >= 0.3 is 0 Å². The minimum atomic E-state index is 0.383. The van der Waals surface area contributed by atoms with Crippen LogP contribution in [0, 0.1) is 5.92 Å². The van der Waals surface area contributed by atoms with Crippen LogP contribution in [0.4, 0.5) is 5.69 Å². The average Bonchev–Trinajstić information content (AvgIpc) is 3.24. The van der Waals surface area contributed by atoms with Crippen molar-refractivity contribution in [1.82, 2.24) is 0 Å². The number of carbonyl (C=O) groups excluding carboxylic acids is 1. The van der Waals surface area contributed by atoms with Gasteiger partial charge in [0.05, 0.1) is 17.3 Å². The molecule has 0 aromatic heterocycles. The Bertz CT molecular complexity index is 446. The zero-order valence-corrected chi connectivity index (χ0v) is 12.2. The van der Waals surface area contributed by atoms with Gasteiger partial charge in [0.25, 0.3) is 0 Å². The quantitative estimate of drug-likeness (QED) is 0.718. The fraction of sp³-hybridized carbons (Fsp3) is 0.533. The van der Waals surface area contributed by atoms with Crippen LogP contribution in [0.2, 0.25) is 5.02 Å². The summed E-state index contributed by atoms with van der Waals surface area (Å²) in [5.74, 6) is 0.702. The molecule has 4 heteroatoms. The Hall–Kier alpha value is -1.06. The largest absolute Gasteiger partial charge is 0.383 e. The maximum atomic E-state index is 11.2. The van der Waals surface area contributed by atoms with Crippen molar-refractivity contribution < 1.29 is 9.53 Å². The van der Waals surface area contributed by atoms with Crippen LogP contribution >= 0.6 is 11.6 Å². The summed E-state index contributed by atoms with van der Waals surface area (Å²) >= 11 is 6.31. The van der Waals surface area contributed by atoms with E-state index < -0.39 is 0 Å². The monoisotopic (exact) mass is 281 g/mol. The van der Waals surface area contributed by atoms with Crippen molar-refractivity contribution in [3.05, 3.63) is 28.8 Å².